The molecule has 0 saturated carbocycles. The van der Waals surface area contributed by atoms with E-state index >= 15 is 0 Å². The minimum Gasteiger partial charge on any atom is -0.455 e. The largest absolute Gasteiger partial charge is 0.455 e. The Balaban J connectivity index is 1.48. The van der Waals surface area contributed by atoms with Gasteiger partial charge in [0.05, 0.1) is 5.71 Å². The number of benzene rings is 2. The lowest BCUT2D eigenvalue weighted by atomic mass is 9.93. The zero-order chi connectivity index (χ0) is 24.2. The van der Waals surface area contributed by atoms with Gasteiger partial charge in [-0.3, -0.25) is 25.2 Å². The molecule has 0 spiro atoms. The second kappa shape index (κ2) is 10.2. The van der Waals surface area contributed by atoms with Gasteiger partial charge in [-0.1, -0.05) is 33.6 Å². The topological polar surface area (TPSA) is 113 Å². The third-order valence-electron chi connectivity index (χ3n) is 5.31. The number of aryl methyl sites for hydroxylation is 1. The Bertz CT molecular complexity index is 1300. The lowest BCUT2D eigenvalue weighted by Gasteiger charge is -2.13. The fourth-order valence-corrected chi connectivity index (χ4v) is 4.11. The summed E-state index contributed by atoms with van der Waals surface area (Å²) in [4.78, 5) is 37.4. The molecule has 1 heterocycles. The summed E-state index contributed by atoms with van der Waals surface area (Å²) in [6, 6.07) is 13.3. The smallest absolute Gasteiger partial charge is 0.305 e. The number of nitrogens with zero attached hydrogens (tertiary/aromatic N) is 1. The first kappa shape index (κ1) is 23.7. The lowest BCUT2D eigenvalue weighted by molar-refractivity contribution is 0.0829. The van der Waals surface area contributed by atoms with Crippen molar-refractivity contribution in [1.29, 1.82) is 0 Å². The Morgan fingerprint density at radius 2 is 1.71 bits per heavy atom. The van der Waals surface area contributed by atoms with Gasteiger partial charge in [-0.15, -0.1) is 0 Å². The van der Waals surface area contributed by atoms with Crippen molar-refractivity contribution in [3.05, 3.63) is 91.8 Å². The van der Waals surface area contributed by atoms with Gasteiger partial charge in [-0.05, 0) is 62.2 Å². The normalized spacial score (nSPS) is 13.8. The van der Waals surface area contributed by atoms with E-state index in [0.29, 0.717) is 51.6 Å². The summed E-state index contributed by atoms with van der Waals surface area (Å²) in [5.41, 5.74) is 10.0. The Labute approximate surface area is 208 Å². The molecule has 0 saturated heterocycles. The van der Waals surface area contributed by atoms with E-state index in [1.165, 1.54) is 6.07 Å². The van der Waals surface area contributed by atoms with Gasteiger partial charge < -0.3 is 4.42 Å². The average Bonchev–Trinajstić information content (AvgIpc) is 3.18. The van der Waals surface area contributed by atoms with Gasteiger partial charge in [0, 0.05) is 38.2 Å². The second-order valence-electron chi connectivity index (χ2n) is 7.63. The summed E-state index contributed by atoms with van der Waals surface area (Å²) in [6.45, 7) is 1.74. The zero-order valence-electron chi connectivity index (χ0n) is 18.1. The van der Waals surface area contributed by atoms with Gasteiger partial charge in [0.25, 0.3) is 11.8 Å². The minimum atomic E-state index is -0.597. The summed E-state index contributed by atoms with van der Waals surface area (Å²) in [6.07, 6.45) is 2.03. The predicted molar refractivity (Wildman–Crippen MR) is 131 cm³/mol. The number of carbonyl (C=O) groups is 3. The maximum atomic E-state index is 12.7. The molecular formula is C24H20BrClN4O4. The predicted octanol–water partition coefficient (Wildman–Crippen LogP) is 4.55. The molecule has 34 heavy (non-hydrogen) atoms. The molecule has 3 aromatic rings. The van der Waals surface area contributed by atoms with Crippen molar-refractivity contribution in [1.82, 2.24) is 16.3 Å². The third kappa shape index (κ3) is 5.21. The molecule has 10 heteroatoms. The standard InChI is InChI=1S/C24H20BrClN4O4/c1-13-20-18(27-28-22(31)14-8-10-16(25)11-9-14)6-3-7-19(20)34-21(13)24(33)30-29-23(32)15-4-2-5-17(26)12-15/h2,4-5,8-12H,3,6-7H2,1H3,(H,28,31)(H,29,32)(H,30,33)/b27-18+. The number of amides is 3. The molecule has 1 aliphatic rings. The van der Waals surface area contributed by atoms with E-state index in [1.54, 1.807) is 49.4 Å². The van der Waals surface area contributed by atoms with E-state index < -0.39 is 11.8 Å². The summed E-state index contributed by atoms with van der Waals surface area (Å²) < 4.78 is 6.68. The molecule has 2 aromatic carbocycles. The van der Waals surface area contributed by atoms with Crippen LogP contribution in [-0.2, 0) is 6.42 Å². The monoisotopic (exact) mass is 542 g/mol. The van der Waals surface area contributed by atoms with Gasteiger partial charge in [0.2, 0.25) is 0 Å². The summed E-state index contributed by atoms with van der Waals surface area (Å²) >= 11 is 9.24. The van der Waals surface area contributed by atoms with E-state index in [2.05, 4.69) is 37.3 Å². The van der Waals surface area contributed by atoms with Crippen LogP contribution in [0.2, 0.25) is 5.02 Å². The van der Waals surface area contributed by atoms with Crippen molar-refractivity contribution in [3.63, 3.8) is 0 Å². The Hall–Kier alpha value is -3.43. The number of rotatable bonds is 4. The number of carbonyl (C=O) groups excluding carboxylic acids is 3. The maximum Gasteiger partial charge on any atom is 0.305 e. The molecular weight excluding hydrogens is 524 g/mol. The van der Waals surface area contributed by atoms with Crippen LogP contribution in [0.5, 0.6) is 0 Å². The highest BCUT2D eigenvalue weighted by molar-refractivity contribution is 9.10. The molecule has 1 aromatic heterocycles. The third-order valence-corrected chi connectivity index (χ3v) is 6.07. The molecule has 0 unspecified atom stereocenters. The van der Waals surface area contributed by atoms with E-state index in [9.17, 15) is 14.4 Å². The first-order chi connectivity index (χ1) is 16.3. The van der Waals surface area contributed by atoms with Crippen LogP contribution in [0, 0.1) is 6.92 Å². The van der Waals surface area contributed by atoms with Gasteiger partial charge in [-0.25, -0.2) is 5.43 Å². The molecule has 1 aliphatic carbocycles. The van der Waals surface area contributed by atoms with Crippen LogP contribution in [0.15, 0.2) is 62.5 Å². The van der Waals surface area contributed by atoms with Gasteiger partial charge in [0.1, 0.15) is 5.76 Å². The van der Waals surface area contributed by atoms with Crippen molar-refractivity contribution < 1.29 is 18.8 Å². The highest BCUT2D eigenvalue weighted by atomic mass is 79.9. The second-order valence-corrected chi connectivity index (χ2v) is 8.98. The van der Waals surface area contributed by atoms with Crippen LogP contribution in [-0.4, -0.2) is 23.4 Å². The van der Waals surface area contributed by atoms with Crippen molar-refractivity contribution >= 4 is 51.0 Å². The summed E-state index contributed by atoms with van der Waals surface area (Å²) in [7, 11) is 0. The SMILES string of the molecule is Cc1c(C(=O)NNC(=O)c2cccc(Cl)c2)oc2c1/C(=N/NC(=O)c1ccc(Br)cc1)CCC2. The van der Waals surface area contributed by atoms with Crippen LogP contribution in [0.25, 0.3) is 0 Å². The number of hydrogen-bond donors (Lipinski definition) is 3. The average molecular weight is 544 g/mol. The summed E-state index contributed by atoms with van der Waals surface area (Å²) in [5.74, 6) is -0.754. The molecule has 0 atom stereocenters. The van der Waals surface area contributed by atoms with Crippen LogP contribution >= 0.6 is 27.5 Å². The van der Waals surface area contributed by atoms with E-state index in [1.807, 2.05) is 0 Å². The van der Waals surface area contributed by atoms with Crippen molar-refractivity contribution in [2.45, 2.75) is 26.2 Å². The van der Waals surface area contributed by atoms with Crippen molar-refractivity contribution in [2.75, 3.05) is 0 Å². The Kier molecular flexibility index (Phi) is 7.14. The van der Waals surface area contributed by atoms with Gasteiger partial charge in [-0.2, -0.15) is 5.10 Å². The highest BCUT2D eigenvalue weighted by Crippen LogP contribution is 2.29. The van der Waals surface area contributed by atoms with Crippen LogP contribution in [0.1, 0.15) is 61.0 Å². The highest BCUT2D eigenvalue weighted by Gasteiger charge is 2.28. The van der Waals surface area contributed by atoms with Crippen LogP contribution in [0.3, 0.4) is 0 Å². The Morgan fingerprint density at radius 3 is 2.44 bits per heavy atom. The number of hydrogen-bond acceptors (Lipinski definition) is 5. The minimum absolute atomic E-state index is 0.0743. The molecule has 0 aliphatic heterocycles. The number of nitrogens with one attached hydrogen (secondary N) is 3. The maximum absolute atomic E-state index is 12.7. The molecule has 8 nitrogen and oxygen atoms in total. The number of fused-ring (bicyclic) bond motifs is 1. The van der Waals surface area contributed by atoms with Crippen LogP contribution < -0.4 is 16.3 Å². The van der Waals surface area contributed by atoms with Crippen molar-refractivity contribution in [2.24, 2.45) is 5.10 Å². The Morgan fingerprint density at radius 1 is 0.971 bits per heavy atom. The molecule has 3 amide bonds. The molecule has 0 fully saturated rings. The number of hydrazone groups is 1. The number of furan rings is 1. The van der Waals surface area contributed by atoms with E-state index in [4.69, 9.17) is 16.0 Å². The quantitative estimate of drug-likeness (QED) is 0.419. The van der Waals surface area contributed by atoms with Gasteiger partial charge in [0.15, 0.2) is 5.76 Å². The van der Waals surface area contributed by atoms with E-state index in [0.717, 1.165) is 10.9 Å². The first-order valence-corrected chi connectivity index (χ1v) is 11.6. The fourth-order valence-electron chi connectivity index (χ4n) is 3.65. The number of halogens is 2. The zero-order valence-corrected chi connectivity index (χ0v) is 20.4. The number of hydrazine groups is 1. The first-order valence-electron chi connectivity index (χ1n) is 10.4. The molecule has 0 radical (unpaired) electrons. The molecule has 174 valence electrons. The van der Waals surface area contributed by atoms with Crippen LogP contribution in [0.4, 0.5) is 0 Å². The van der Waals surface area contributed by atoms with Gasteiger partial charge >= 0.3 is 5.91 Å². The summed E-state index contributed by atoms with van der Waals surface area (Å²) in [5, 5.41) is 4.72. The van der Waals surface area contributed by atoms with Crippen molar-refractivity contribution in [3.8, 4) is 0 Å². The lowest BCUT2D eigenvalue weighted by Crippen LogP contribution is -2.41. The molecule has 4 rings (SSSR count). The fraction of sp³-hybridized carbons (Fsp3) is 0.167. The molecule has 0 bridgehead atoms. The van der Waals surface area contributed by atoms with E-state index in [-0.39, 0.29) is 11.7 Å². The molecule has 3 N–H and O–H groups in total.